The third-order valence-corrected chi connectivity index (χ3v) is 6.47. The van der Waals surface area contributed by atoms with Crippen LogP contribution in [0.5, 0.6) is 0 Å². The number of ketones is 3. The van der Waals surface area contributed by atoms with Crippen LogP contribution in [0, 0.1) is 17.8 Å². The van der Waals surface area contributed by atoms with Crippen molar-refractivity contribution in [2.75, 3.05) is 0 Å². The van der Waals surface area contributed by atoms with Crippen LogP contribution in [0.2, 0.25) is 10.0 Å². The Morgan fingerprint density at radius 3 is 1.79 bits per heavy atom. The summed E-state index contributed by atoms with van der Waals surface area (Å²) >= 11 is 12.2. The normalized spacial score (nSPS) is 19.2. The van der Waals surface area contributed by atoms with Gasteiger partial charge in [0, 0.05) is 0 Å². The topological polar surface area (TPSA) is 51.2 Å². The van der Waals surface area contributed by atoms with Crippen LogP contribution >= 0.6 is 23.2 Å². The van der Waals surface area contributed by atoms with E-state index in [4.69, 9.17) is 23.2 Å². The zero-order valence-corrected chi connectivity index (χ0v) is 18.0. The summed E-state index contributed by atoms with van der Waals surface area (Å²) in [4.78, 5) is 39.1. The van der Waals surface area contributed by atoms with Crippen LogP contribution in [0.1, 0.15) is 44.7 Å². The molecule has 0 saturated heterocycles. The van der Waals surface area contributed by atoms with Crippen molar-refractivity contribution >= 4 is 40.6 Å². The molecule has 1 aliphatic rings. The van der Waals surface area contributed by atoms with Gasteiger partial charge in [0.25, 0.3) is 0 Å². The molecule has 2 aromatic rings. The van der Waals surface area contributed by atoms with Crippen LogP contribution in [0.4, 0.5) is 0 Å². The smallest absolute Gasteiger partial charge is 0.160 e. The fourth-order valence-corrected chi connectivity index (χ4v) is 4.23. The average molecular weight is 417 g/mol. The summed E-state index contributed by atoms with van der Waals surface area (Å²) in [5, 5.41) is 0.886. The summed E-state index contributed by atoms with van der Waals surface area (Å²) in [6.45, 7) is 8.30. The van der Waals surface area contributed by atoms with Crippen molar-refractivity contribution in [1.29, 1.82) is 0 Å². The largest absolute Gasteiger partial charge is 0.298 e. The van der Waals surface area contributed by atoms with Crippen molar-refractivity contribution in [1.82, 2.24) is 0 Å². The quantitative estimate of drug-likeness (QED) is 0.578. The van der Waals surface area contributed by atoms with Gasteiger partial charge in [-0.15, -0.1) is 0 Å². The first kappa shape index (κ1) is 20.8. The lowest BCUT2D eigenvalue weighted by molar-refractivity contribution is -0.157. The maximum atomic E-state index is 13.2. The van der Waals surface area contributed by atoms with Crippen LogP contribution in [-0.2, 0) is 14.4 Å². The van der Waals surface area contributed by atoms with Crippen LogP contribution in [0.25, 0.3) is 11.1 Å². The molecule has 0 radical (unpaired) electrons. The predicted octanol–water partition coefficient (Wildman–Crippen LogP) is 5.83. The zero-order valence-electron chi connectivity index (χ0n) is 16.5. The summed E-state index contributed by atoms with van der Waals surface area (Å²) in [5.74, 6) is -2.00. The lowest BCUT2D eigenvalue weighted by atomic mass is 9.57. The minimum Gasteiger partial charge on any atom is -0.298 e. The van der Waals surface area contributed by atoms with Crippen molar-refractivity contribution < 1.29 is 14.4 Å². The molecule has 0 spiro atoms. The van der Waals surface area contributed by atoms with Crippen LogP contribution in [0.15, 0.2) is 36.4 Å². The van der Waals surface area contributed by atoms with E-state index in [0.29, 0.717) is 15.6 Å². The number of aryl methyl sites for hydroxylation is 1. The number of benzene rings is 2. The van der Waals surface area contributed by atoms with Crippen molar-refractivity contribution in [3.63, 3.8) is 0 Å². The predicted molar refractivity (Wildman–Crippen MR) is 112 cm³/mol. The second-order valence-electron chi connectivity index (χ2n) is 8.44. The third kappa shape index (κ3) is 3.11. The van der Waals surface area contributed by atoms with E-state index in [2.05, 4.69) is 0 Å². The van der Waals surface area contributed by atoms with Gasteiger partial charge in [-0.1, -0.05) is 41.4 Å². The van der Waals surface area contributed by atoms with Crippen molar-refractivity contribution in [2.24, 2.45) is 10.8 Å². The molecule has 1 fully saturated rings. The Labute approximate surface area is 175 Å². The van der Waals surface area contributed by atoms with E-state index in [9.17, 15) is 14.4 Å². The monoisotopic (exact) mass is 416 g/mol. The summed E-state index contributed by atoms with van der Waals surface area (Å²) in [5.41, 5.74) is 0.694. The van der Waals surface area contributed by atoms with Crippen molar-refractivity contribution in [2.45, 2.75) is 40.5 Å². The summed E-state index contributed by atoms with van der Waals surface area (Å²) in [6, 6.07) is 10.9. The lowest BCUT2D eigenvalue weighted by Crippen LogP contribution is -2.56. The highest BCUT2D eigenvalue weighted by atomic mass is 35.5. The first-order chi connectivity index (χ1) is 12.9. The fourth-order valence-electron chi connectivity index (χ4n) is 3.94. The molecular formula is C23H22Cl2O3. The molecule has 0 heterocycles. The minimum absolute atomic E-state index is 0.329. The maximum Gasteiger partial charge on any atom is 0.160 e. The highest BCUT2D eigenvalue weighted by Gasteiger charge is 2.58. The molecule has 0 unspecified atom stereocenters. The Hall–Kier alpha value is -1.97. The van der Waals surface area contributed by atoms with Gasteiger partial charge in [0.15, 0.2) is 17.3 Å². The Balaban J connectivity index is 2.17. The number of hydrogen-bond donors (Lipinski definition) is 0. The SMILES string of the molecule is Cc1ccc(-c2ccc(Cl)c(Cl)c2)cc1C1C(=O)C(C)(C)C(=O)C(C)(C)C1=O. The van der Waals surface area contributed by atoms with Crippen molar-refractivity contribution in [3.8, 4) is 11.1 Å². The molecule has 146 valence electrons. The number of carbonyl (C=O) groups is 3. The van der Waals surface area contributed by atoms with E-state index >= 15 is 0 Å². The Bertz CT molecular complexity index is 989. The molecule has 3 rings (SSSR count). The van der Waals surface area contributed by atoms with Gasteiger partial charge in [0.05, 0.1) is 20.9 Å². The number of Topliss-reactive ketones (excluding diaryl/α,β-unsaturated/α-hetero) is 3. The Kier molecular flexibility index (Phi) is 5.06. The molecule has 0 atom stereocenters. The Morgan fingerprint density at radius 2 is 1.25 bits per heavy atom. The standard InChI is InChI=1S/C23H22Cl2O3/c1-12-6-7-13(14-8-9-16(24)17(25)11-14)10-15(12)18-19(26)22(2,3)21(28)23(4,5)20(18)27/h6-11,18H,1-5H3. The van der Waals surface area contributed by atoms with Gasteiger partial charge in [0.1, 0.15) is 5.92 Å². The third-order valence-electron chi connectivity index (χ3n) is 5.73. The summed E-state index contributed by atoms with van der Waals surface area (Å²) in [6.07, 6.45) is 0. The number of halogens is 2. The van der Waals surface area contributed by atoms with E-state index in [1.165, 1.54) is 0 Å². The molecular weight excluding hydrogens is 395 g/mol. The minimum atomic E-state index is -1.21. The number of rotatable bonds is 2. The molecule has 0 aliphatic heterocycles. The van der Waals surface area contributed by atoms with Gasteiger partial charge in [-0.3, -0.25) is 14.4 Å². The Morgan fingerprint density at radius 1 is 0.750 bits per heavy atom. The molecule has 28 heavy (non-hydrogen) atoms. The average Bonchev–Trinajstić information content (AvgIpc) is 2.63. The van der Waals surface area contributed by atoms with Gasteiger partial charge in [0.2, 0.25) is 0 Å². The van der Waals surface area contributed by atoms with E-state index in [1.54, 1.807) is 39.8 Å². The second kappa shape index (κ2) is 6.82. The van der Waals surface area contributed by atoms with Gasteiger partial charge in [-0.2, -0.15) is 0 Å². The molecule has 2 aromatic carbocycles. The van der Waals surface area contributed by atoms with Crippen LogP contribution < -0.4 is 0 Å². The van der Waals surface area contributed by atoms with Crippen LogP contribution in [-0.4, -0.2) is 17.3 Å². The molecule has 0 aromatic heterocycles. The van der Waals surface area contributed by atoms with E-state index < -0.39 is 16.7 Å². The molecule has 0 N–H and O–H groups in total. The molecule has 3 nitrogen and oxygen atoms in total. The van der Waals surface area contributed by atoms with E-state index in [-0.39, 0.29) is 17.3 Å². The number of carbonyl (C=O) groups excluding carboxylic acids is 3. The summed E-state index contributed by atoms with van der Waals surface area (Å²) in [7, 11) is 0. The number of hydrogen-bond acceptors (Lipinski definition) is 3. The highest BCUT2D eigenvalue weighted by molar-refractivity contribution is 6.42. The zero-order chi connectivity index (χ0) is 21.0. The second-order valence-corrected chi connectivity index (χ2v) is 9.26. The molecule has 1 saturated carbocycles. The maximum absolute atomic E-state index is 13.2. The lowest BCUT2D eigenvalue weighted by Gasteiger charge is -2.41. The van der Waals surface area contributed by atoms with Gasteiger partial charge in [-0.25, -0.2) is 0 Å². The summed E-state index contributed by atoms with van der Waals surface area (Å²) < 4.78 is 0. The molecule has 5 heteroatoms. The fraction of sp³-hybridized carbons (Fsp3) is 0.348. The van der Waals surface area contributed by atoms with Crippen LogP contribution in [0.3, 0.4) is 0 Å². The highest BCUT2D eigenvalue weighted by Crippen LogP contribution is 2.45. The van der Waals surface area contributed by atoms with Gasteiger partial charge >= 0.3 is 0 Å². The molecule has 0 bridgehead atoms. The van der Waals surface area contributed by atoms with Crippen molar-refractivity contribution in [3.05, 3.63) is 57.6 Å². The molecule has 1 aliphatic carbocycles. The molecule has 0 amide bonds. The first-order valence-electron chi connectivity index (χ1n) is 9.08. The van der Waals surface area contributed by atoms with E-state index in [0.717, 1.165) is 16.7 Å². The van der Waals surface area contributed by atoms with Gasteiger partial charge in [-0.05, 0) is 75.1 Å². The first-order valence-corrected chi connectivity index (χ1v) is 9.84. The van der Waals surface area contributed by atoms with E-state index in [1.807, 2.05) is 31.2 Å². The van der Waals surface area contributed by atoms with Gasteiger partial charge < -0.3 is 0 Å².